The lowest BCUT2D eigenvalue weighted by Crippen LogP contribution is -3.10. The highest BCUT2D eigenvalue weighted by Gasteiger charge is 2.14. The van der Waals surface area contributed by atoms with Crippen LogP contribution in [-0.2, 0) is 24.4 Å². The van der Waals surface area contributed by atoms with Gasteiger partial charge in [-0.3, -0.25) is 0 Å². The lowest BCUT2D eigenvalue weighted by Gasteiger charge is -2.20. The molecule has 4 heteroatoms. The summed E-state index contributed by atoms with van der Waals surface area (Å²) >= 11 is 0. The molecule has 0 radical (unpaired) electrons. The first-order valence-corrected chi connectivity index (χ1v) is 8.99. The van der Waals surface area contributed by atoms with Crippen LogP contribution in [0.25, 0.3) is 0 Å². The van der Waals surface area contributed by atoms with E-state index < -0.39 is 0 Å². The summed E-state index contributed by atoms with van der Waals surface area (Å²) in [6.07, 6.45) is 2.12. The smallest absolute Gasteiger partial charge is 0.123 e. The average molecular weight is 353 g/mol. The van der Waals surface area contributed by atoms with Crippen LogP contribution < -0.4 is 4.90 Å². The lowest BCUT2D eigenvalue weighted by atomic mass is 10.2. The summed E-state index contributed by atoms with van der Waals surface area (Å²) in [5, 5.41) is 0. The molecule has 1 unspecified atom stereocenters. The molecule has 136 valence electrons. The molecule has 1 atom stereocenters. The Labute approximate surface area is 154 Å². The van der Waals surface area contributed by atoms with Gasteiger partial charge in [-0.25, -0.2) is 4.39 Å². The fourth-order valence-corrected chi connectivity index (χ4v) is 3.22. The SMILES string of the molecule is COCC[NH+](Cc1cccc(F)c1)Cc1cccn1Cc1ccccc1. The highest BCUT2D eigenvalue weighted by Crippen LogP contribution is 2.08. The van der Waals surface area contributed by atoms with Crippen LogP contribution in [0.1, 0.15) is 16.8 Å². The van der Waals surface area contributed by atoms with E-state index in [4.69, 9.17) is 4.74 Å². The van der Waals surface area contributed by atoms with E-state index in [1.807, 2.05) is 12.1 Å². The number of ether oxygens (including phenoxy) is 1. The zero-order valence-electron chi connectivity index (χ0n) is 15.2. The Morgan fingerprint density at radius 2 is 1.73 bits per heavy atom. The van der Waals surface area contributed by atoms with Crippen LogP contribution >= 0.6 is 0 Å². The number of benzene rings is 2. The fourth-order valence-electron chi connectivity index (χ4n) is 3.22. The minimum absolute atomic E-state index is 0.180. The maximum atomic E-state index is 13.5. The van der Waals surface area contributed by atoms with Gasteiger partial charge in [0, 0.05) is 25.4 Å². The quantitative estimate of drug-likeness (QED) is 0.627. The molecule has 1 aromatic heterocycles. The number of hydrogen-bond donors (Lipinski definition) is 1. The number of nitrogens with zero attached hydrogens (tertiary/aromatic N) is 1. The van der Waals surface area contributed by atoms with Gasteiger partial charge in [0.2, 0.25) is 0 Å². The van der Waals surface area contributed by atoms with Gasteiger partial charge in [-0.05, 0) is 29.8 Å². The molecule has 0 aliphatic rings. The predicted molar refractivity (Wildman–Crippen MR) is 101 cm³/mol. The van der Waals surface area contributed by atoms with Crippen LogP contribution in [0.5, 0.6) is 0 Å². The molecule has 2 aromatic carbocycles. The van der Waals surface area contributed by atoms with Crippen molar-refractivity contribution < 1.29 is 14.0 Å². The molecule has 0 saturated carbocycles. The number of hydrogen-bond acceptors (Lipinski definition) is 1. The topological polar surface area (TPSA) is 18.6 Å². The standard InChI is InChI=1S/C22H25FN2O/c1-26-14-13-24(16-20-9-5-10-21(23)15-20)18-22-11-6-12-25(22)17-19-7-3-2-4-8-19/h2-12,15H,13-14,16-18H2,1H3/p+1. The number of methoxy groups -OCH3 is 1. The Balaban J connectivity index is 1.71. The van der Waals surface area contributed by atoms with Crippen molar-refractivity contribution in [1.82, 2.24) is 4.57 Å². The van der Waals surface area contributed by atoms with Gasteiger partial charge in [-0.15, -0.1) is 0 Å². The fraction of sp³-hybridized carbons (Fsp3) is 0.273. The molecule has 0 aliphatic carbocycles. The molecular weight excluding hydrogens is 327 g/mol. The second kappa shape index (κ2) is 9.32. The summed E-state index contributed by atoms with van der Waals surface area (Å²) < 4.78 is 21.1. The van der Waals surface area contributed by atoms with Crippen LogP contribution in [0.15, 0.2) is 72.9 Å². The van der Waals surface area contributed by atoms with Crippen molar-refractivity contribution >= 4 is 0 Å². The summed E-state index contributed by atoms with van der Waals surface area (Å²) in [6.45, 7) is 4.08. The van der Waals surface area contributed by atoms with Crippen LogP contribution in [0.3, 0.4) is 0 Å². The highest BCUT2D eigenvalue weighted by atomic mass is 19.1. The molecule has 3 rings (SSSR count). The summed E-state index contributed by atoms with van der Waals surface area (Å²) in [5.41, 5.74) is 3.57. The summed E-state index contributed by atoms with van der Waals surface area (Å²) in [5.74, 6) is -0.180. The Morgan fingerprint density at radius 3 is 2.50 bits per heavy atom. The Bertz CT molecular complexity index is 801. The minimum atomic E-state index is -0.180. The van der Waals surface area contributed by atoms with Gasteiger partial charge < -0.3 is 14.2 Å². The van der Waals surface area contributed by atoms with Crippen LogP contribution in [0.2, 0.25) is 0 Å². The van der Waals surface area contributed by atoms with E-state index >= 15 is 0 Å². The number of aromatic nitrogens is 1. The van der Waals surface area contributed by atoms with Gasteiger partial charge in [-0.2, -0.15) is 0 Å². The van der Waals surface area contributed by atoms with Gasteiger partial charge in [0.05, 0.1) is 12.3 Å². The van der Waals surface area contributed by atoms with Gasteiger partial charge >= 0.3 is 0 Å². The molecule has 26 heavy (non-hydrogen) atoms. The normalized spacial score (nSPS) is 12.2. The number of rotatable bonds is 9. The predicted octanol–water partition coefficient (Wildman–Crippen LogP) is 2.91. The van der Waals surface area contributed by atoms with E-state index in [0.29, 0.717) is 6.61 Å². The molecule has 3 aromatic rings. The first-order valence-electron chi connectivity index (χ1n) is 8.99. The maximum Gasteiger partial charge on any atom is 0.123 e. The van der Waals surface area contributed by atoms with Crippen molar-refractivity contribution in [2.45, 2.75) is 19.6 Å². The van der Waals surface area contributed by atoms with Gasteiger partial charge in [-0.1, -0.05) is 42.5 Å². The van der Waals surface area contributed by atoms with Crippen molar-refractivity contribution in [2.75, 3.05) is 20.3 Å². The third kappa shape index (κ3) is 5.28. The third-order valence-corrected chi connectivity index (χ3v) is 4.55. The van der Waals surface area contributed by atoms with Crippen LogP contribution in [-0.4, -0.2) is 24.8 Å². The molecule has 0 amide bonds. The molecule has 3 nitrogen and oxygen atoms in total. The van der Waals surface area contributed by atoms with E-state index in [1.54, 1.807) is 19.2 Å². The van der Waals surface area contributed by atoms with Gasteiger partial charge in [0.15, 0.2) is 0 Å². The summed E-state index contributed by atoms with van der Waals surface area (Å²) in [6, 6.07) is 21.6. The molecule has 0 spiro atoms. The van der Waals surface area contributed by atoms with Crippen molar-refractivity contribution in [1.29, 1.82) is 0 Å². The zero-order valence-corrected chi connectivity index (χ0v) is 15.2. The molecule has 0 fully saturated rings. The molecule has 0 aliphatic heterocycles. The van der Waals surface area contributed by atoms with Gasteiger partial charge in [0.25, 0.3) is 0 Å². The van der Waals surface area contributed by atoms with Crippen molar-refractivity contribution in [2.24, 2.45) is 0 Å². The van der Waals surface area contributed by atoms with Crippen molar-refractivity contribution in [3.8, 4) is 0 Å². The van der Waals surface area contributed by atoms with Crippen LogP contribution in [0, 0.1) is 5.82 Å². The number of halogens is 1. The number of nitrogens with one attached hydrogen (secondary N) is 1. The Morgan fingerprint density at radius 1 is 0.923 bits per heavy atom. The Hall–Kier alpha value is -2.43. The Kier molecular flexibility index (Phi) is 6.58. The average Bonchev–Trinajstić information content (AvgIpc) is 3.07. The summed E-state index contributed by atoms with van der Waals surface area (Å²) in [7, 11) is 1.72. The van der Waals surface area contributed by atoms with Gasteiger partial charge in [0.1, 0.15) is 25.5 Å². The molecule has 1 heterocycles. The number of quaternary nitrogens is 1. The molecule has 0 bridgehead atoms. The highest BCUT2D eigenvalue weighted by molar-refractivity contribution is 5.18. The second-order valence-electron chi connectivity index (χ2n) is 6.59. The maximum absolute atomic E-state index is 13.5. The largest absolute Gasteiger partial charge is 0.379 e. The van der Waals surface area contributed by atoms with E-state index in [2.05, 4.69) is 47.2 Å². The first kappa shape index (κ1) is 18.4. The summed E-state index contributed by atoms with van der Waals surface area (Å²) in [4.78, 5) is 1.35. The zero-order chi connectivity index (χ0) is 18.2. The van der Waals surface area contributed by atoms with E-state index in [9.17, 15) is 4.39 Å². The van der Waals surface area contributed by atoms with E-state index in [1.165, 1.54) is 22.2 Å². The molecule has 0 saturated heterocycles. The van der Waals surface area contributed by atoms with E-state index in [0.717, 1.165) is 31.7 Å². The van der Waals surface area contributed by atoms with Crippen molar-refractivity contribution in [3.05, 3.63) is 95.6 Å². The minimum Gasteiger partial charge on any atom is -0.379 e. The first-order chi connectivity index (χ1) is 12.7. The monoisotopic (exact) mass is 353 g/mol. The van der Waals surface area contributed by atoms with Crippen LogP contribution in [0.4, 0.5) is 4.39 Å². The second-order valence-corrected chi connectivity index (χ2v) is 6.59. The van der Waals surface area contributed by atoms with Crippen molar-refractivity contribution in [3.63, 3.8) is 0 Å². The van der Waals surface area contributed by atoms with E-state index in [-0.39, 0.29) is 5.82 Å². The third-order valence-electron chi connectivity index (χ3n) is 4.55. The molecule has 1 N–H and O–H groups in total. The molecular formula is C22H26FN2O+. The lowest BCUT2D eigenvalue weighted by molar-refractivity contribution is -0.928.